The third-order valence-electron chi connectivity index (χ3n) is 4.74. The maximum absolute atomic E-state index is 12.9. The Labute approximate surface area is 166 Å². The molecule has 3 aromatic rings. The van der Waals surface area contributed by atoms with Crippen LogP contribution < -0.4 is 5.32 Å². The van der Waals surface area contributed by atoms with E-state index in [0.29, 0.717) is 22.7 Å². The first kappa shape index (κ1) is 19.6. The molecule has 3 aromatic carbocycles. The number of hydrogen-bond donors (Lipinski definition) is 1. The smallest absolute Gasteiger partial charge is 0.228 e. The number of benzene rings is 3. The zero-order valence-electron chi connectivity index (χ0n) is 16.5. The molecule has 0 unspecified atom stereocenters. The molecule has 1 N–H and O–H groups in total. The van der Waals surface area contributed by atoms with Gasteiger partial charge in [-0.1, -0.05) is 80.1 Å². The largest absolute Gasteiger partial charge is 0.325 e. The summed E-state index contributed by atoms with van der Waals surface area (Å²) in [6.07, 6.45) is 0.269. The van der Waals surface area contributed by atoms with E-state index >= 15 is 0 Å². The van der Waals surface area contributed by atoms with Crippen molar-refractivity contribution in [3.63, 3.8) is 0 Å². The van der Waals surface area contributed by atoms with Crippen LogP contribution in [-0.4, -0.2) is 11.7 Å². The zero-order chi connectivity index (χ0) is 20.1. The van der Waals surface area contributed by atoms with Crippen molar-refractivity contribution < 1.29 is 9.59 Å². The average Bonchev–Trinajstić information content (AvgIpc) is 2.70. The van der Waals surface area contributed by atoms with E-state index in [0.717, 1.165) is 11.1 Å². The standard InChI is InChI=1S/C25H25NO2/c1-17(2)20-12-10-19(11-13-20)16-24(27)26-23-14-9-18(3)15-22(23)25(28)21-7-5-4-6-8-21/h4-15,17H,16H2,1-3H3,(H,26,27). The highest BCUT2D eigenvalue weighted by Crippen LogP contribution is 2.22. The molecule has 0 aromatic heterocycles. The van der Waals surface area contributed by atoms with Crippen LogP contribution in [0.2, 0.25) is 0 Å². The summed E-state index contributed by atoms with van der Waals surface area (Å²) >= 11 is 0. The predicted molar refractivity (Wildman–Crippen MR) is 114 cm³/mol. The number of anilines is 1. The molecule has 3 rings (SSSR count). The van der Waals surface area contributed by atoms with Gasteiger partial charge in [0.05, 0.1) is 12.1 Å². The van der Waals surface area contributed by atoms with Crippen LogP contribution in [0.3, 0.4) is 0 Å². The minimum absolute atomic E-state index is 0.0964. The molecule has 0 aliphatic carbocycles. The third-order valence-corrected chi connectivity index (χ3v) is 4.74. The summed E-state index contributed by atoms with van der Waals surface area (Å²) in [5, 5.41) is 2.91. The number of ketones is 1. The lowest BCUT2D eigenvalue weighted by Gasteiger charge is -2.12. The molecule has 28 heavy (non-hydrogen) atoms. The van der Waals surface area contributed by atoms with Gasteiger partial charge < -0.3 is 5.32 Å². The number of hydrogen-bond acceptors (Lipinski definition) is 2. The van der Waals surface area contributed by atoms with Gasteiger partial charge in [0.1, 0.15) is 0 Å². The molecule has 0 aliphatic heterocycles. The van der Waals surface area contributed by atoms with Crippen molar-refractivity contribution in [3.05, 3.63) is 101 Å². The number of carbonyl (C=O) groups excluding carboxylic acids is 2. The van der Waals surface area contributed by atoms with Gasteiger partial charge in [-0.15, -0.1) is 0 Å². The Kier molecular flexibility index (Phi) is 6.05. The van der Waals surface area contributed by atoms with Gasteiger partial charge in [0.15, 0.2) is 5.78 Å². The van der Waals surface area contributed by atoms with Crippen LogP contribution in [0, 0.1) is 6.92 Å². The summed E-state index contributed by atoms with van der Waals surface area (Å²) in [6, 6.07) is 22.7. The van der Waals surface area contributed by atoms with Crippen molar-refractivity contribution in [2.24, 2.45) is 0 Å². The molecule has 0 aliphatic rings. The Morgan fingerprint density at radius 2 is 1.57 bits per heavy atom. The molecule has 0 bridgehead atoms. The molecular formula is C25H25NO2. The van der Waals surface area contributed by atoms with Crippen LogP contribution in [0.1, 0.15) is 52.4 Å². The Morgan fingerprint density at radius 1 is 0.893 bits per heavy atom. The number of amides is 1. The third kappa shape index (κ3) is 4.74. The number of rotatable bonds is 6. The van der Waals surface area contributed by atoms with Crippen molar-refractivity contribution in [1.29, 1.82) is 0 Å². The van der Waals surface area contributed by atoms with Crippen LogP contribution in [0.25, 0.3) is 0 Å². The van der Waals surface area contributed by atoms with Gasteiger partial charge in [-0.2, -0.15) is 0 Å². The van der Waals surface area contributed by atoms with Crippen molar-refractivity contribution in [1.82, 2.24) is 0 Å². The minimum atomic E-state index is -0.136. The normalized spacial score (nSPS) is 10.7. The molecule has 0 saturated heterocycles. The van der Waals surface area contributed by atoms with E-state index in [1.807, 2.05) is 49.4 Å². The van der Waals surface area contributed by atoms with Gasteiger partial charge in [0, 0.05) is 11.1 Å². The monoisotopic (exact) mass is 371 g/mol. The van der Waals surface area contributed by atoms with Gasteiger partial charge in [0.2, 0.25) is 5.91 Å². The topological polar surface area (TPSA) is 46.2 Å². The summed E-state index contributed by atoms with van der Waals surface area (Å²) in [6.45, 7) is 6.22. The molecule has 0 radical (unpaired) electrons. The second-order valence-electron chi connectivity index (χ2n) is 7.37. The fraction of sp³-hybridized carbons (Fsp3) is 0.200. The molecule has 3 nitrogen and oxygen atoms in total. The van der Waals surface area contributed by atoms with Gasteiger partial charge in [-0.25, -0.2) is 0 Å². The molecule has 3 heteroatoms. The van der Waals surface area contributed by atoms with Crippen LogP contribution in [-0.2, 0) is 11.2 Å². The van der Waals surface area contributed by atoms with Gasteiger partial charge >= 0.3 is 0 Å². The molecule has 0 spiro atoms. The van der Waals surface area contributed by atoms with E-state index in [1.165, 1.54) is 5.56 Å². The number of nitrogens with one attached hydrogen (secondary N) is 1. The van der Waals surface area contributed by atoms with Gasteiger partial charge in [-0.05, 0) is 36.1 Å². The van der Waals surface area contributed by atoms with E-state index in [-0.39, 0.29) is 18.1 Å². The number of carbonyl (C=O) groups is 2. The summed E-state index contributed by atoms with van der Waals surface area (Å²) < 4.78 is 0. The first-order valence-electron chi connectivity index (χ1n) is 9.53. The van der Waals surface area contributed by atoms with E-state index in [2.05, 4.69) is 31.3 Å². The molecular weight excluding hydrogens is 346 g/mol. The van der Waals surface area contributed by atoms with Crippen molar-refractivity contribution in [3.8, 4) is 0 Å². The van der Waals surface area contributed by atoms with E-state index in [4.69, 9.17) is 0 Å². The molecule has 142 valence electrons. The summed E-state index contributed by atoms with van der Waals surface area (Å²) in [7, 11) is 0. The lowest BCUT2D eigenvalue weighted by Crippen LogP contribution is -2.17. The zero-order valence-corrected chi connectivity index (χ0v) is 16.5. The Hall–Kier alpha value is -3.20. The SMILES string of the molecule is Cc1ccc(NC(=O)Cc2ccc(C(C)C)cc2)c(C(=O)c2ccccc2)c1. The lowest BCUT2D eigenvalue weighted by molar-refractivity contribution is -0.115. The summed E-state index contributed by atoms with van der Waals surface area (Å²) in [4.78, 5) is 25.5. The lowest BCUT2D eigenvalue weighted by atomic mass is 9.99. The van der Waals surface area contributed by atoms with E-state index in [1.54, 1.807) is 18.2 Å². The molecule has 0 atom stereocenters. The first-order valence-corrected chi connectivity index (χ1v) is 9.53. The second-order valence-corrected chi connectivity index (χ2v) is 7.37. The van der Waals surface area contributed by atoms with Crippen molar-refractivity contribution in [2.75, 3.05) is 5.32 Å². The highest BCUT2D eigenvalue weighted by molar-refractivity contribution is 6.14. The Bertz CT molecular complexity index is 973. The van der Waals surface area contributed by atoms with Crippen molar-refractivity contribution >= 4 is 17.4 Å². The molecule has 0 heterocycles. The molecule has 0 fully saturated rings. The van der Waals surface area contributed by atoms with Crippen LogP contribution in [0.15, 0.2) is 72.8 Å². The molecule has 1 amide bonds. The minimum Gasteiger partial charge on any atom is -0.325 e. The second kappa shape index (κ2) is 8.66. The first-order chi connectivity index (χ1) is 13.4. The van der Waals surface area contributed by atoms with Crippen LogP contribution in [0.4, 0.5) is 5.69 Å². The fourth-order valence-corrected chi connectivity index (χ4v) is 3.10. The van der Waals surface area contributed by atoms with Gasteiger partial charge in [0.25, 0.3) is 0 Å². The van der Waals surface area contributed by atoms with E-state index in [9.17, 15) is 9.59 Å². The van der Waals surface area contributed by atoms with Gasteiger partial charge in [-0.3, -0.25) is 9.59 Å². The highest BCUT2D eigenvalue weighted by atomic mass is 16.1. The Balaban J connectivity index is 1.78. The average molecular weight is 371 g/mol. The van der Waals surface area contributed by atoms with E-state index < -0.39 is 0 Å². The fourth-order valence-electron chi connectivity index (χ4n) is 3.10. The summed E-state index contributed by atoms with van der Waals surface area (Å²) in [5.74, 6) is 0.228. The van der Waals surface area contributed by atoms with Crippen LogP contribution >= 0.6 is 0 Å². The van der Waals surface area contributed by atoms with Crippen LogP contribution in [0.5, 0.6) is 0 Å². The highest BCUT2D eigenvalue weighted by Gasteiger charge is 2.16. The maximum atomic E-state index is 12.9. The number of aryl methyl sites for hydroxylation is 1. The maximum Gasteiger partial charge on any atom is 0.228 e. The van der Waals surface area contributed by atoms with Crippen molar-refractivity contribution in [2.45, 2.75) is 33.1 Å². The summed E-state index contributed by atoms with van der Waals surface area (Å²) in [5.41, 5.74) is 4.83. The Morgan fingerprint density at radius 3 is 2.21 bits per heavy atom. The predicted octanol–water partition coefficient (Wildman–Crippen LogP) is 5.53. The quantitative estimate of drug-likeness (QED) is 0.579. The molecule has 0 saturated carbocycles.